The average molecular weight is 361 g/mol. The molecule has 0 saturated carbocycles. The monoisotopic (exact) mass is 360 g/mol. The molecule has 0 fully saturated rings. The number of nitrogens with two attached hydrogens (primary N) is 1. The summed E-state index contributed by atoms with van der Waals surface area (Å²) in [5.74, 6) is 0.869. The first-order valence-corrected chi connectivity index (χ1v) is 9.20. The third kappa shape index (κ3) is 6.38. The van der Waals surface area contributed by atoms with E-state index in [-0.39, 0.29) is 11.0 Å². The lowest BCUT2D eigenvalue weighted by atomic mass is 9.99. The molecule has 0 spiro atoms. The first kappa shape index (κ1) is 18.6. The molecule has 3 N–H and O–H groups in total. The van der Waals surface area contributed by atoms with Crippen molar-refractivity contribution in [1.82, 2.24) is 0 Å². The van der Waals surface area contributed by atoms with Crippen LogP contribution in [0.1, 0.15) is 29.5 Å². The molecule has 2 aromatic carbocycles. The number of thioether (sulfide) groups is 1. The van der Waals surface area contributed by atoms with Crippen LogP contribution >= 0.6 is 23.4 Å². The van der Waals surface area contributed by atoms with Crippen molar-refractivity contribution in [3.05, 3.63) is 70.2 Å². The lowest BCUT2D eigenvalue weighted by Crippen LogP contribution is -2.07. The van der Waals surface area contributed by atoms with Crippen molar-refractivity contribution in [1.29, 1.82) is 5.41 Å². The lowest BCUT2D eigenvalue weighted by Gasteiger charge is -2.08. The Balaban J connectivity index is 1.83. The normalized spacial score (nSPS) is 10.5. The fraction of sp³-hybridized carbons (Fsp3) is 0.263. The zero-order chi connectivity index (χ0) is 17.4. The predicted octanol–water partition coefficient (Wildman–Crippen LogP) is 4.60. The van der Waals surface area contributed by atoms with E-state index in [2.05, 4.69) is 0 Å². The molecule has 0 aliphatic heterocycles. The number of hydrogen-bond acceptors (Lipinski definition) is 3. The summed E-state index contributed by atoms with van der Waals surface area (Å²) >= 11 is 7.15. The van der Waals surface area contributed by atoms with Crippen LogP contribution in [0, 0.1) is 5.41 Å². The van der Waals surface area contributed by atoms with Crippen LogP contribution in [0.2, 0.25) is 5.02 Å². The van der Waals surface area contributed by atoms with Crippen LogP contribution in [0.25, 0.3) is 0 Å². The molecular formula is C19H21ClN2OS. The number of hydrogen-bond donors (Lipinski definition) is 2. The summed E-state index contributed by atoms with van der Waals surface area (Å²) < 4.78 is 0. The van der Waals surface area contributed by atoms with E-state index < -0.39 is 0 Å². The Morgan fingerprint density at radius 3 is 2.42 bits per heavy atom. The van der Waals surface area contributed by atoms with Gasteiger partial charge in [0, 0.05) is 23.6 Å². The van der Waals surface area contributed by atoms with Crippen LogP contribution in [-0.2, 0) is 23.4 Å². The number of aryl methyl sites for hydroxylation is 1. The second-order valence-electron chi connectivity index (χ2n) is 5.62. The highest BCUT2D eigenvalue weighted by molar-refractivity contribution is 8.13. The van der Waals surface area contributed by atoms with E-state index in [1.807, 2.05) is 48.5 Å². The molecule has 0 unspecified atom stereocenters. The van der Waals surface area contributed by atoms with Crippen molar-refractivity contribution in [3.8, 4) is 0 Å². The second kappa shape index (κ2) is 9.50. The summed E-state index contributed by atoms with van der Waals surface area (Å²) in [4.78, 5) is 12.3. The van der Waals surface area contributed by atoms with Crippen LogP contribution in [0.4, 0.5) is 0 Å². The molecule has 0 aromatic heterocycles. The molecule has 0 saturated heterocycles. The average Bonchev–Trinajstić information content (AvgIpc) is 2.56. The van der Waals surface area contributed by atoms with Crippen LogP contribution in [-0.4, -0.2) is 11.0 Å². The maximum absolute atomic E-state index is 12.3. The van der Waals surface area contributed by atoms with Crippen molar-refractivity contribution < 1.29 is 4.79 Å². The van der Waals surface area contributed by atoms with Crippen molar-refractivity contribution in [2.75, 3.05) is 0 Å². The van der Waals surface area contributed by atoms with Crippen molar-refractivity contribution >= 4 is 34.3 Å². The van der Waals surface area contributed by atoms with Gasteiger partial charge in [-0.3, -0.25) is 10.2 Å². The van der Waals surface area contributed by atoms with Crippen molar-refractivity contribution in [3.63, 3.8) is 0 Å². The van der Waals surface area contributed by atoms with Gasteiger partial charge in [0.15, 0.2) is 5.17 Å². The highest BCUT2D eigenvalue weighted by atomic mass is 35.5. The van der Waals surface area contributed by atoms with Crippen molar-refractivity contribution in [2.24, 2.45) is 5.73 Å². The van der Waals surface area contributed by atoms with E-state index in [1.165, 1.54) is 17.3 Å². The molecular weight excluding hydrogens is 340 g/mol. The quantitative estimate of drug-likeness (QED) is 0.534. The maximum Gasteiger partial charge on any atom is 0.151 e. The summed E-state index contributed by atoms with van der Waals surface area (Å²) in [6, 6.07) is 15.6. The molecule has 2 aromatic rings. The number of carbonyl (C=O) groups is 1. The van der Waals surface area contributed by atoms with Gasteiger partial charge in [-0.25, -0.2) is 0 Å². The highest BCUT2D eigenvalue weighted by Crippen LogP contribution is 2.18. The van der Waals surface area contributed by atoms with E-state index in [0.717, 1.165) is 29.0 Å². The standard InChI is InChI=1S/C19H21ClN2OS/c20-17-10-8-14(9-11-17)4-3-7-18(23)12-15-5-1-2-6-16(15)13-24-19(21)22/h1-2,5-6,8-11H,3-4,7,12-13H2,(H3,21,22). The molecule has 126 valence electrons. The summed E-state index contributed by atoms with van der Waals surface area (Å²) in [6.45, 7) is 0. The van der Waals surface area contributed by atoms with Gasteiger partial charge in [-0.05, 0) is 41.7 Å². The second-order valence-corrected chi connectivity index (χ2v) is 7.07. The zero-order valence-electron chi connectivity index (χ0n) is 13.4. The molecule has 0 aliphatic carbocycles. The van der Waals surface area contributed by atoms with E-state index >= 15 is 0 Å². The number of halogens is 1. The number of ketones is 1. The summed E-state index contributed by atoms with van der Waals surface area (Å²) in [7, 11) is 0. The molecule has 0 atom stereocenters. The van der Waals surface area contributed by atoms with E-state index in [0.29, 0.717) is 18.6 Å². The number of rotatable bonds is 8. The van der Waals surface area contributed by atoms with Gasteiger partial charge >= 0.3 is 0 Å². The van der Waals surface area contributed by atoms with Crippen LogP contribution in [0.15, 0.2) is 48.5 Å². The van der Waals surface area contributed by atoms with Crippen LogP contribution in [0.5, 0.6) is 0 Å². The first-order chi connectivity index (χ1) is 11.5. The molecule has 24 heavy (non-hydrogen) atoms. The van der Waals surface area contributed by atoms with Gasteiger partial charge in [0.05, 0.1) is 0 Å². The molecule has 0 radical (unpaired) electrons. The largest absolute Gasteiger partial charge is 0.379 e. The maximum atomic E-state index is 12.3. The minimum absolute atomic E-state index is 0.0964. The van der Waals surface area contributed by atoms with Gasteiger partial charge in [-0.1, -0.05) is 59.8 Å². The Bertz CT molecular complexity index is 701. The Labute approximate surface area is 152 Å². The molecule has 0 bridgehead atoms. The number of amidine groups is 1. The number of carbonyl (C=O) groups excluding carboxylic acids is 1. The summed E-state index contributed by atoms with van der Waals surface area (Å²) in [5, 5.41) is 8.13. The third-order valence-electron chi connectivity index (χ3n) is 3.72. The van der Waals surface area contributed by atoms with Crippen molar-refractivity contribution in [2.45, 2.75) is 31.4 Å². The molecule has 2 rings (SSSR count). The SMILES string of the molecule is N=C(N)SCc1ccccc1CC(=O)CCCc1ccc(Cl)cc1. The molecule has 5 heteroatoms. The summed E-state index contributed by atoms with van der Waals surface area (Å²) in [6.07, 6.45) is 2.72. The van der Waals surface area contributed by atoms with Gasteiger partial charge < -0.3 is 5.73 Å². The van der Waals surface area contributed by atoms with E-state index in [4.69, 9.17) is 22.7 Å². The van der Waals surface area contributed by atoms with E-state index in [9.17, 15) is 4.79 Å². The van der Waals surface area contributed by atoms with Gasteiger partial charge in [0.1, 0.15) is 5.78 Å². The van der Waals surface area contributed by atoms with Crippen LogP contribution in [0.3, 0.4) is 0 Å². The molecule has 3 nitrogen and oxygen atoms in total. The third-order valence-corrected chi connectivity index (χ3v) is 4.74. The number of nitrogens with one attached hydrogen (secondary N) is 1. The van der Waals surface area contributed by atoms with E-state index in [1.54, 1.807) is 0 Å². The summed E-state index contributed by atoms with van der Waals surface area (Å²) in [5.41, 5.74) is 8.70. The first-order valence-electron chi connectivity index (χ1n) is 7.84. The Kier molecular flexibility index (Phi) is 7.35. The Morgan fingerprint density at radius 1 is 1.08 bits per heavy atom. The molecule has 0 heterocycles. The molecule has 0 aliphatic rings. The Hall–Kier alpha value is -1.78. The lowest BCUT2D eigenvalue weighted by molar-refractivity contribution is -0.118. The fourth-order valence-corrected chi connectivity index (χ4v) is 3.19. The molecule has 0 amide bonds. The predicted molar refractivity (Wildman–Crippen MR) is 103 cm³/mol. The Morgan fingerprint density at radius 2 is 1.75 bits per heavy atom. The number of Topliss-reactive ketones (excluding diaryl/α,β-unsaturated/α-hetero) is 1. The minimum atomic E-state index is 0.0964. The van der Waals surface area contributed by atoms with Crippen LogP contribution < -0.4 is 5.73 Å². The van der Waals surface area contributed by atoms with Gasteiger partial charge in [-0.15, -0.1) is 0 Å². The minimum Gasteiger partial charge on any atom is -0.379 e. The van der Waals surface area contributed by atoms with Gasteiger partial charge in [0.25, 0.3) is 0 Å². The topological polar surface area (TPSA) is 66.9 Å². The number of benzene rings is 2. The fourth-order valence-electron chi connectivity index (χ4n) is 2.47. The highest BCUT2D eigenvalue weighted by Gasteiger charge is 2.08. The van der Waals surface area contributed by atoms with Gasteiger partial charge in [0.2, 0.25) is 0 Å². The zero-order valence-corrected chi connectivity index (χ0v) is 15.0. The smallest absolute Gasteiger partial charge is 0.151 e. The van der Waals surface area contributed by atoms with Gasteiger partial charge in [-0.2, -0.15) is 0 Å².